The molecule has 0 aliphatic heterocycles. The topological polar surface area (TPSA) is 39.2 Å². The first-order chi connectivity index (χ1) is 10.2. The summed E-state index contributed by atoms with van der Waals surface area (Å²) in [7, 11) is 0. The van der Waals surface area contributed by atoms with Crippen molar-refractivity contribution in [2.75, 3.05) is 0 Å². The van der Waals surface area contributed by atoms with Crippen LogP contribution in [0.4, 0.5) is 0 Å². The van der Waals surface area contributed by atoms with E-state index in [9.17, 15) is 0 Å². The van der Waals surface area contributed by atoms with Crippen molar-refractivity contribution in [3.8, 4) is 0 Å². The van der Waals surface area contributed by atoms with Crippen molar-refractivity contribution in [2.45, 2.75) is 20.3 Å². The molecule has 21 heavy (non-hydrogen) atoms. The highest BCUT2D eigenvalue weighted by atomic mass is 16.3. The highest BCUT2D eigenvalue weighted by Gasteiger charge is 2.08. The molecule has 2 N–H and O–H groups in total. The van der Waals surface area contributed by atoms with Gasteiger partial charge in [-0.25, -0.2) is 0 Å². The second-order valence-electron chi connectivity index (χ2n) is 5.39. The number of allylic oxidation sites excluding steroid dienone is 3. The average molecular weight is 277 g/mol. The predicted molar refractivity (Wildman–Crippen MR) is 89.2 cm³/mol. The van der Waals surface area contributed by atoms with Crippen LogP contribution in [0.2, 0.25) is 0 Å². The van der Waals surface area contributed by atoms with Crippen LogP contribution in [-0.2, 0) is 6.42 Å². The first-order valence-corrected chi connectivity index (χ1v) is 7.15. The quantitative estimate of drug-likeness (QED) is 0.695. The Balaban J connectivity index is 2.05. The number of hydrogen-bond donors (Lipinski definition) is 1. The lowest BCUT2D eigenvalue weighted by atomic mass is 10.0. The van der Waals surface area contributed by atoms with Gasteiger partial charge in [0.2, 0.25) is 0 Å². The third-order valence-electron chi connectivity index (χ3n) is 3.82. The molecule has 1 aromatic heterocycles. The van der Waals surface area contributed by atoms with Gasteiger partial charge in [0.1, 0.15) is 11.2 Å². The summed E-state index contributed by atoms with van der Waals surface area (Å²) in [5.41, 5.74) is 11.0. The number of nitrogens with two attached hydrogens (primary N) is 1. The molecule has 2 aromatic carbocycles. The van der Waals surface area contributed by atoms with E-state index in [2.05, 4.69) is 37.3 Å². The molecule has 2 nitrogen and oxygen atoms in total. The van der Waals surface area contributed by atoms with E-state index in [1.807, 2.05) is 25.1 Å². The van der Waals surface area contributed by atoms with Gasteiger partial charge in [0.15, 0.2) is 0 Å². The van der Waals surface area contributed by atoms with Crippen molar-refractivity contribution in [2.24, 2.45) is 5.73 Å². The Morgan fingerprint density at radius 3 is 2.76 bits per heavy atom. The molecule has 0 bridgehead atoms. The van der Waals surface area contributed by atoms with Crippen LogP contribution in [-0.4, -0.2) is 0 Å². The van der Waals surface area contributed by atoms with Gasteiger partial charge in [-0.05, 0) is 61.4 Å². The van der Waals surface area contributed by atoms with Crippen LogP contribution < -0.4 is 5.73 Å². The lowest BCUT2D eigenvalue weighted by molar-refractivity contribution is 0.668. The van der Waals surface area contributed by atoms with E-state index in [4.69, 9.17) is 10.2 Å². The molecule has 0 saturated carbocycles. The summed E-state index contributed by atoms with van der Waals surface area (Å²) in [5.74, 6) is 0. The van der Waals surface area contributed by atoms with Crippen LogP contribution in [0, 0.1) is 6.92 Å². The standard InChI is InChI=1S/C19H19NO/c1-13(12-20)6-5-7-15-11-17-16-8-3-4-9-18(16)21-19(17)10-14(15)2/h3-6,8-12H,7,20H2,1-2H3/b6-5-,13-12-. The number of furan rings is 1. The van der Waals surface area contributed by atoms with Crippen molar-refractivity contribution in [3.63, 3.8) is 0 Å². The van der Waals surface area contributed by atoms with Gasteiger partial charge in [0, 0.05) is 10.8 Å². The van der Waals surface area contributed by atoms with E-state index >= 15 is 0 Å². The summed E-state index contributed by atoms with van der Waals surface area (Å²) in [4.78, 5) is 0. The van der Waals surface area contributed by atoms with Gasteiger partial charge in [-0.15, -0.1) is 0 Å². The first-order valence-electron chi connectivity index (χ1n) is 7.15. The Hall–Kier alpha value is -2.48. The first kappa shape index (κ1) is 13.5. The zero-order valence-corrected chi connectivity index (χ0v) is 12.4. The lowest BCUT2D eigenvalue weighted by Crippen LogP contribution is -1.87. The molecular formula is C19H19NO. The molecule has 2 heteroatoms. The Bertz CT molecular complexity index is 853. The van der Waals surface area contributed by atoms with Crippen LogP contribution in [0.3, 0.4) is 0 Å². The van der Waals surface area contributed by atoms with Crippen LogP contribution >= 0.6 is 0 Å². The largest absolute Gasteiger partial charge is 0.456 e. The number of para-hydroxylation sites is 1. The fraction of sp³-hybridized carbons (Fsp3) is 0.158. The van der Waals surface area contributed by atoms with Gasteiger partial charge in [-0.3, -0.25) is 0 Å². The monoisotopic (exact) mass is 277 g/mol. The molecule has 0 radical (unpaired) electrons. The maximum atomic E-state index is 5.90. The van der Waals surface area contributed by atoms with Crippen LogP contribution in [0.5, 0.6) is 0 Å². The van der Waals surface area contributed by atoms with Gasteiger partial charge in [-0.2, -0.15) is 0 Å². The number of benzene rings is 2. The van der Waals surface area contributed by atoms with E-state index in [0.717, 1.165) is 23.2 Å². The third kappa shape index (κ3) is 2.57. The summed E-state index contributed by atoms with van der Waals surface area (Å²) in [6, 6.07) is 12.5. The van der Waals surface area contributed by atoms with E-state index in [1.54, 1.807) is 6.20 Å². The minimum atomic E-state index is 0.895. The minimum absolute atomic E-state index is 0.895. The fourth-order valence-corrected chi connectivity index (χ4v) is 2.57. The number of aryl methyl sites for hydroxylation is 1. The van der Waals surface area contributed by atoms with E-state index in [-0.39, 0.29) is 0 Å². The highest BCUT2D eigenvalue weighted by molar-refractivity contribution is 6.05. The van der Waals surface area contributed by atoms with Crippen molar-refractivity contribution < 1.29 is 4.42 Å². The molecular weight excluding hydrogens is 258 g/mol. The highest BCUT2D eigenvalue weighted by Crippen LogP contribution is 2.30. The molecule has 0 aliphatic rings. The second kappa shape index (κ2) is 5.49. The molecule has 0 unspecified atom stereocenters. The Morgan fingerprint density at radius 1 is 1.14 bits per heavy atom. The Labute approximate surface area is 124 Å². The molecule has 3 aromatic rings. The normalized spacial score (nSPS) is 12.8. The maximum Gasteiger partial charge on any atom is 0.135 e. The van der Waals surface area contributed by atoms with Crippen LogP contribution in [0.1, 0.15) is 18.1 Å². The van der Waals surface area contributed by atoms with Crippen molar-refractivity contribution in [1.82, 2.24) is 0 Å². The minimum Gasteiger partial charge on any atom is -0.456 e. The van der Waals surface area contributed by atoms with Gasteiger partial charge in [-0.1, -0.05) is 30.4 Å². The maximum absolute atomic E-state index is 5.90. The van der Waals surface area contributed by atoms with Crippen LogP contribution in [0.25, 0.3) is 21.9 Å². The summed E-state index contributed by atoms with van der Waals surface area (Å²) < 4.78 is 5.90. The molecule has 1 heterocycles. The van der Waals surface area contributed by atoms with Crippen LogP contribution in [0.15, 0.2) is 64.7 Å². The smallest absolute Gasteiger partial charge is 0.135 e. The summed E-state index contributed by atoms with van der Waals surface area (Å²) >= 11 is 0. The zero-order chi connectivity index (χ0) is 14.8. The summed E-state index contributed by atoms with van der Waals surface area (Å²) in [6.07, 6.45) is 6.72. The second-order valence-corrected chi connectivity index (χ2v) is 5.39. The Morgan fingerprint density at radius 2 is 1.95 bits per heavy atom. The molecule has 0 amide bonds. The average Bonchev–Trinajstić information content (AvgIpc) is 2.84. The summed E-state index contributed by atoms with van der Waals surface area (Å²) in [6.45, 7) is 4.12. The summed E-state index contributed by atoms with van der Waals surface area (Å²) in [5, 5.41) is 2.36. The van der Waals surface area contributed by atoms with Crippen molar-refractivity contribution in [3.05, 3.63) is 71.5 Å². The number of fused-ring (bicyclic) bond motifs is 3. The molecule has 0 aliphatic carbocycles. The number of hydrogen-bond acceptors (Lipinski definition) is 2. The van der Waals surface area contributed by atoms with Gasteiger partial charge < -0.3 is 10.2 Å². The van der Waals surface area contributed by atoms with Crippen molar-refractivity contribution >= 4 is 21.9 Å². The molecule has 0 spiro atoms. The fourth-order valence-electron chi connectivity index (χ4n) is 2.57. The van der Waals surface area contributed by atoms with Gasteiger partial charge >= 0.3 is 0 Å². The molecule has 3 rings (SSSR count). The lowest BCUT2D eigenvalue weighted by Gasteiger charge is -2.03. The van der Waals surface area contributed by atoms with E-state index < -0.39 is 0 Å². The molecule has 0 atom stereocenters. The molecule has 106 valence electrons. The van der Waals surface area contributed by atoms with E-state index in [1.165, 1.54) is 21.9 Å². The number of rotatable bonds is 3. The van der Waals surface area contributed by atoms with E-state index in [0.29, 0.717) is 0 Å². The zero-order valence-electron chi connectivity index (χ0n) is 12.4. The van der Waals surface area contributed by atoms with Gasteiger partial charge in [0.25, 0.3) is 0 Å². The van der Waals surface area contributed by atoms with Gasteiger partial charge in [0.05, 0.1) is 0 Å². The van der Waals surface area contributed by atoms with Crippen molar-refractivity contribution in [1.29, 1.82) is 0 Å². The third-order valence-corrected chi connectivity index (χ3v) is 3.82. The molecule has 0 fully saturated rings. The predicted octanol–water partition coefficient (Wildman–Crippen LogP) is 4.86. The SMILES string of the molecule is CC(/C=C\Cc1cc2c(cc1C)oc1ccccc12)=C/N. The molecule has 0 saturated heterocycles. The Kier molecular flexibility index (Phi) is 3.53.